The zero-order valence-electron chi connectivity index (χ0n) is 14.5. The summed E-state index contributed by atoms with van der Waals surface area (Å²) in [5.41, 5.74) is 3.29. The predicted molar refractivity (Wildman–Crippen MR) is 103 cm³/mol. The summed E-state index contributed by atoms with van der Waals surface area (Å²) in [5, 5.41) is 4.41. The lowest BCUT2D eigenvalue weighted by molar-refractivity contribution is -0.126. The molecule has 0 spiro atoms. The maximum atomic E-state index is 12.7. The predicted octanol–water partition coefficient (Wildman–Crippen LogP) is 2.29. The Kier molecular flexibility index (Phi) is 6.20. The number of hydrogen-bond acceptors (Lipinski definition) is 5. The van der Waals surface area contributed by atoms with Crippen LogP contribution in [0.5, 0.6) is 0 Å². The fraction of sp³-hybridized carbons (Fsp3) is 0.278. The van der Waals surface area contributed by atoms with E-state index in [1.165, 1.54) is 22.7 Å². The molecule has 0 unspecified atom stereocenters. The molecule has 27 heavy (non-hydrogen) atoms. The van der Waals surface area contributed by atoms with Gasteiger partial charge in [-0.2, -0.15) is 9.41 Å². The minimum Gasteiger partial charge on any atom is -0.273 e. The van der Waals surface area contributed by atoms with Crippen LogP contribution in [0.2, 0.25) is 5.02 Å². The summed E-state index contributed by atoms with van der Waals surface area (Å²) in [4.78, 5) is 16.4. The molecule has 1 aromatic heterocycles. The number of rotatable bonds is 5. The maximum Gasteiger partial charge on any atom is 0.243 e. The molecule has 9 heteroatoms. The van der Waals surface area contributed by atoms with Crippen molar-refractivity contribution in [1.82, 2.24) is 14.7 Å². The molecule has 1 N–H and O–H groups in total. The second-order valence-corrected chi connectivity index (χ2v) is 8.53. The van der Waals surface area contributed by atoms with Crippen LogP contribution in [-0.2, 0) is 14.8 Å². The molecule has 0 bridgehead atoms. The summed E-state index contributed by atoms with van der Waals surface area (Å²) in [6, 6.07) is 9.68. The van der Waals surface area contributed by atoms with Crippen molar-refractivity contribution in [3.05, 3.63) is 59.4 Å². The van der Waals surface area contributed by atoms with Crippen LogP contribution in [0.3, 0.4) is 0 Å². The zero-order chi connectivity index (χ0) is 19.3. The van der Waals surface area contributed by atoms with E-state index >= 15 is 0 Å². The Morgan fingerprint density at radius 2 is 1.93 bits per heavy atom. The number of hydrazone groups is 1. The average Bonchev–Trinajstić information content (AvgIpc) is 2.69. The highest BCUT2D eigenvalue weighted by atomic mass is 35.5. The molecule has 1 aliphatic rings. The Morgan fingerprint density at radius 3 is 2.56 bits per heavy atom. The van der Waals surface area contributed by atoms with E-state index in [9.17, 15) is 13.2 Å². The molecule has 7 nitrogen and oxygen atoms in total. The molecule has 1 fully saturated rings. The number of aromatic nitrogens is 1. The van der Waals surface area contributed by atoms with Crippen LogP contribution in [0.15, 0.2) is 58.8 Å². The fourth-order valence-electron chi connectivity index (χ4n) is 2.83. The van der Waals surface area contributed by atoms with Gasteiger partial charge in [-0.3, -0.25) is 9.78 Å². The standard InChI is InChI=1S/C18H19ClN4O3S/c19-16-3-5-17(6-4-16)27(25,26)23-10-7-15(8-11-23)18(24)22-21-13-14-2-1-9-20-12-14/h1-6,9,12-13,15H,7-8,10-11H2,(H,22,24)/b21-13-. The van der Waals surface area contributed by atoms with Gasteiger partial charge >= 0.3 is 0 Å². The third-order valence-corrected chi connectivity index (χ3v) is 6.51. The lowest BCUT2D eigenvalue weighted by Crippen LogP contribution is -2.42. The highest BCUT2D eigenvalue weighted by Crippen LogP contribution is 2.24. The van der Waals surface area contributed by atoms with Crippen LogP contribution in [0.4, 0.5) is 0 Å². The zero-order valence-corrected chi connectivity index (χ0v) is 16.0. The van der Waals surface area contributed by atoms with Crippen LogP contribution >= 0.6 is 11.6 Å². The number of hydrogen-bond donors (Lipinski definition) is 1. The molecule has 0 radical (unpaired) electrons. The number of nitrogens with one attached hydrogen (secondary N) is 1. The SMILES string of the molecule is O=C(N/N=C\c1cccnc1)C1CCN(S(=O)(=O)c2ccc(Cl)cc2)CC1. The van der Waals surface area contributed by atoms with Crippen molar-refractivity contribution in [3.63, 3.8) is 0 Å². The first-order valence-electron chi connectivity index (χ1n) is 8.45. The molecular weight excluding hydrogens is 388 g/mol. The van der Waals surface area contributed by atoms with E-state index in [0.29, 0.717) is 17.9 Å². The van der Waals surface area contributed by atoms with Crippen molar-refractivity contribution in [2.24, 2.45) is 11.0 Å². The number of halogens is 1. The fourth-order valence-corrected chi connectivity index (χ4v) is 4.42. The van der Waals surface area contributed by atoms with E-state index in [1.807, 2.05) is 6.07 Å². The minimum atomic E-state index is -3.57. The van der Waals surface area contributed by atoms with Crippen LogP contribution in [0.25, 0.3) is 0 Å². The molecule has 1 aliphatic heterocycles. The normalized spacial score (nSPS) is 16.5. The van der Waals surface area contributed by atoms with Gasteiger partial charge in [-0.1, -0.05) is 17.7 Å². The molecule has 3 rings (SSSR count). The summed E-state index contributed by atoms with van der Waals surface area (Å²) >= 11 is 5.81. The van der Waals surface area contributed by atoms with Crippen molar-refractivity contribution in [2.75, 3.05) is 13.1 Å². The average molecular weight is 407 g/mol. The van der Waals surface area contributed by atoms with Gasteiger partial charge in [0.1, 0.15) is 0 Å². The molecule has 2 heterocycles. The second-order valence-electron chi connectivity index (χ2n) is 6.15. The van der Waals surface area contributed by atoms with Crippen molar-refractivity contribution in [3.8, 4) is 0 Å². The minimum absolute atomic E-state index is 0.205. The summed E-state index contributed by atoms with van der Waals surface area (Å²) in [6.07, 6.45) is 5.70. The first-order chi connectivity index (χ1) is 13.0. The van der Waals surface area contributed by atoms with Gasteiger partial charge in [-0.25, -0.2) is 13.8 Å². The van der Waals surface area contributed by atoms with Gasteiger partial charge in [0.15, 0.2) is 0 Å². The summed E-state index contributed by atoms with van der Waals surface area (Å²) in [5.74, 6) is -0.480. The van der Waals surface area contributed by atoms with Gasteiger partial charge in [0.2, 0.25) is 15.9 Å². The highest BCUT2D eigenvalue weighted by Gasteiger charge is 2.32. The Hall–Kier alpha value is -2.29. The van der Waals surface area contributed by atoms with Gasteiger partial charge in [0, 0.05) is 42.0 Å². The molecule has 2 aromatic rings. The van der Waals surface area contributed by atoms with Crippen LogP contribution in [0, 0.1) is 5.92 Å². The Bertz CT molecular complexity index is 909. The van der Waals surface area contributed by atoms with E-state index in [-0.39, 0.29) is 29.8 Å². The Balaban J connectivity index is 1.54. The number of benzene rings is 1. The van der Waals surface area contributed by atoms with Crippen LogP contribution in [-0.4, -0.2) is 42.9 Å². The molecular formula is C18H19ClN4O3S. The van der Waals surface area contributed by atoms with E-state index in [0.717, 1.165) is 5.56 Å². The molecule has 142 valence electrons. The number of amides is 1. The quantitative estimate of drug-likeness (QED) is 0.609. The van der Waals surface area contributed by atoms with Gasteiger partial charge in [0.05, 0.1) is 11.1 Å². The summed E-state index contributed by atoms with van der Waals surface area (Å²) in [6.45, 7) is 0.574. The lowest BCUT2D eigenvalue weighted by atomic mass is 9.98. The van der Waals surface area contributed by atoms with Gasteiger partial charge in [-0.15, -0.1) is 0 Å². The number of carbonyl (C=O) groups excluding carboxylic acids is 1. The van der Waals surface area contributed by atoms with Crippen molar-refractivity contribution < 1.29 is 13.2 Å². The maximum absolute atomic E-state index is 12.7. The third kappa shape index (κ3) is 4.91. The Morgan fingerprint density at radius 1 is 1.22 bits per heavy atom. The number of carbonyl (C=O) groups is 1. The van der Waals surface area contributed by atoms with E-state index in [2.05, 4.69) is 15.5 Å². The van der Waals surface area contributed by atoms with Crippen molar-refractivity contribution in [1.29, 1.82) is 0 Å². The van der Waals surface area contributed by atoms with E-state index < -0.39 is 10.0 Å². The largest absolute Gasteiger partial charge is 0.273 e. The van der Waals surface area contributed by atoms with Gasteiger partial charge < -0.3 is 0 Å². The number of pyridine rings is 1. The monoisotopic (exact) mass is 406 g/mol. The molecule has 0 atom stereocenters. The molecule has 0 saturated carbocycles. The Labute approximate surface area is 163 Å². The molecule has 1 saturated heterocycles. The third-order valence-electron chi connectivity index (χ3n) is 4.35. The first kappa shape index (κ1) is 19.5. The van der Waals surface area contributed by atoms with Crippen molar-refractivity contribution >= 4 is 33.7 Å². The smallest absolute Gasteiger partial charge is 0.243 e. The first-order valence-corrected chi connectivity index (χ1v) is 10.3. The summed E-state index contributed by atoms with van der Waals surface area (Å²) < 4.78 is 26.7. The van der Waals surface area contributed by atoms with Gasteiger partial charge in [-0.05, 0) is 43.2 Å². The number of piperidine rings is 1. The van der Waals surface area contributed by atoms with E-state index in [4.69, 9.17) is 11.6 Å². The van der Waals surface area contributed by atoms with Gasteiger partial charge in [0.25, 0.3) is 0 Å². The van der Waals surface area contributed by atoms with E-state index in [1.54, 1.807) is 30.6 Å². The molecule has 1 aromatic carbocycles. The highest BCUT2D eigenvalue weighted by molar-refractivity contribution is 7.89. The van der Waals surface area contributed by atoms with Crippen LogP contribution < -0.4 is 5.43 Å². The van der Waals surface area contributed by atoms with Crippen molar-refractivity contribution in [2.45, 2.75) is 17.7 Å². The van der Waals surface area contributed by atoms with Crippen LogP contribution in [0.1, 0.15) is 18.4 Å². The lowest BCUT2D eigenvalue weighted by Gasteiger charge is -2.30. The summed E-state index contributed by atoms with van der Waals surface area (Å²) in [7, 11) is -3.57. The number of nitrogens with zero attached hydrogens (tertiary/aromatic N) is 3. The second kappa shape index (κ2) is 8.60. The number of sulfonamides is 1. The topological polar surface area (TPSA) is 91.7 Å². The molecule has 1 amide bonds. The molecule has 0 aliphatic carbocycles.